The molecule has 0 unspecified atom stereocenters. The topological polar surface area (TPSA) is 9.72 Å². The van der Waals surface area contributed by atoms with Crippen LogP contribution in [0.25, 0.3) is 0 Å². The molecule has 4 rings (SSSR count). The Hall–Kier alpha value is -2.46. The van der Waals surface area contributed by atoms with Crippen molar-refractivity contribution in [2.24, 2.45) is 0 Å². The van der Waals surface area contributed by atoms with Gasteiger partial charge in [-0.25, -0.2) is 0 Å². The molecule has 1 fully saturated rings. The lowest BCUT2D eigenvalue weighted by Crippen LogP contribution is -2.36. The highest BCUT2D eigenvalue weighted by atomic mass is 15.2. The van der Waals surface area contributed by atoms with E-state index in [1.807, 2.05) is 0 Å². The first-order valence-corrected chi connectivity index (χ1v) is 12.6. The van der Waals surface area contributed by atoms with Crippen LogP contribution in [0.3, 0.4) is 0 Å². The first-order valence-electron chi connectivity index (χ1n) is 12.6. The number of hydrogen-bond donors (Lipinski definition) is 0. The van der Waals surface area contributed by atoms with Gasteiger partial charge in [-0.05, 0) is 75.2 Å². The van der Waals surface area contributed by atoms with Gasteiger partial charge in [0.05, 0.1) is 0 Å². The third-order valence-corrected chi connectivity index (χ3v) is 6.59. The van der Waals surface area contributed by atoms with Gasteiger partial charge in [0.15, 0.2) is 0 Å². The minimum absolute atomic E-state index is 1.05. The van der Waals surface area contributed by atoms with Crippen LogP contribution >= 0.6 is 0 Å². The van der Waals surface area contributed by atoms with Gasteiger partial charge in [-0.15, -0.1) is 0 Å². The normalized spacial score (nSPS) is 17.8. The summed E-state index contributed by atoms with van der Waals surface area (Å²) in [6, 6.07) is 32.9. The molecular formula is C30H39N3. The molecule has 0 aliphatic carbocycles. The Morgan fingerprint density at radius 1 is 0.364 bits per heavy atom. The molecule has 1 aliphatic heterocycles. The molecule has 0 bridgehead atoms. The summed E-state index contributed by atoms with van der Waals surface area (Å²) in [7, 11) is 0. The SMILES string of the molecule is c1ccc(CN2CCCN(Cc3ccccc3)CCCN(Cc3ccccc3)CCC2)cc1. The monoisotopic (exact) mass is 441 g/mol. The van der Waals surface area contributed by atoms with E-state index in [0.717, 1.165) is 19.6 Å². The van der Waals surface area contributed by atoms with Crippen LogP contribution in [0.4, 0.5) is 0 Å². The van der Waals surface area contributed by atoms with E-state index in [1.54, 1.807) is 0 Å². The molecule has 0 saturated carbocycles. The van der Waals surface area contributed by atoms with Crippen LogP contribution in [0.5, 0.6) is 0 Å². The average molecular weight is 442 g/mol. The minimum atomic E-state index is 1.05. The van der Waals surface area contributed by atoms with E-state index < -0.39 is 0 Å². The summed E-state index contributed by atoms with van der Waals surface area (Å²) in [5.41, 5.74) is 4.27. The molecule has 0 spiro atoms. The summed E-state index contributed by atoms with van der Waals surface area (Å²) >= 11 is 0. The number of nitrogens with zero attached hydrogens (tertiary/aromatic N) is 3. The molecule has 0 aromatic heterocycles. The van der Waals surface area contributed by atoms with E-state index in [-0.39, 0.29) is 0 Å². The Morgan fingerprint density at radius 2 is 0.606 bits per heavy atom. The number of hydrogen-bond acceptors (Lipinski definition) is 3. The Morgan fingerprint density at radius 3 is 0.848 bits per heavy atom. The van der Waals surface area contributed by atoms with E-state index in [0.29, 0.717) is 0 Å². The zero-order valence-corrected chi connectivity index (χ0v) is 20.0. The fraction of sp³-hybridized carbons (Fsp3) is 0.400. The lowest BCUT2D eigenvalue weighted by molar-refractivity contribution is 0.172. The number of benzene rings is 3. The van der Waals surface area contributed by atoms with E-state index >= 15 is 0 Å². The van der Waals surface area contributed by atoms with E-state index in [4.69, 9.17) is 0 Å². The van der Waals surface area contributed by atoms with Gasteiger partial charge in [0.25, 0.3) is 0 Å². The molecule has 1 heterocycles. The van der Waals surface area contributed by atoms with Crippen molar-refractivity contribution in [2.75, 3.05) is 39.3 Å². The van der Waals surface area contributed by atoms with Gasteiger partial charge in [0.2, 0.25) is 0 Å². The fourth-order valence-electron chi connectivity index (χ4n) is 4.89. The van der Waals surface area contributed by atoms with Crippen LogP contribution < -0.4 is 0 Å². The average Bonchev–Trinajstić information content (AvgIpc) is 2.85. The number of rotatable bonds is 6. The Kier molecular flexibility index (Phi) is 9.54. The molecule has 0 radical (unpaired) electrons. The van der Waals surface area contributed by atoms with Gasteiger partial charge >= 0.3 is 0 Å². The third-order valence-electron chi connectivity index (χ3n) is 6.59. The minimum Gasteiger partial charge on any atom is -0.299 e. The van der Waals surface area contributed by atoms with Crippen molar-refractivity contribution in [1.82, 2.24) is 14.7 Å². The van der Waals surface area contributed by atoms with Crippen LogP contribution in [0.2, 0.25) is 0 Å². The van der Waals surface area contributed by atoms with Gasteiger partial charge in [-0.2, -0.15) is 0 Å². The predicted molar refractivity (Wildman–Crippen MR) is 139 cm³/mol. The first kappa shape index (κ1) is 23.7. The van der Waals surface area contributed by atoms with Gasteiger partial charge < -0.3 is 0 Å². The molecule has 1 saturated heterocycles. The van der Waals surface area contributed by atoms with Gasteiger partial charge in [0.1, 0.15) is 0 Å². The first-order chi connectivity index (χ1) is 16.3. The zero-order chi connectivity index (χ0) is 22.6. The highest BCUT2D eigenvalue weighted by Gasteiger charge is 2.14. The van der Waals surface area contributed by atoms with Crippen molar-refractivity contribution in [3.8, 4) is 0 Å². The summed E-state index contributed by atoms with van der Waals surface area (Å²) in [5, 5.41) is 0. The maximum absolute atomic E-state index is 2.67. The molecule has 0 atom stereocenters. The molecule has 3 aromatic rings. The summed E-state index contributed by atoms with van der Waals surface area (Å²) in [4.78, 5) is 8.00. The largest absolute Gasteiger partial charge is 0.299 e. The molecule has 3 heteroatoms. The second-order valence-corrected chi connectivity index (χ2v) is 9.35. The lowest BCUT2D eigenvalue weighted by atomic mass is 10.1. The van der Waals surface area contributed by atoms with Crippen molar-refractivity contribution in [1.29, 1.82) is 0 Å². The summed E-state index contributed by atoms with van der Waals surface area (Å²) < 4.78 is 0. The third kappa shape index (κ3) is 8.43. The summed E-state index contributed by atoms with van der Waals surface area (Å²) in [5.74, 6) is 0. The van der Waals surface area contributed by atoms with Gasteiger partial charge in [-0.1, -0.05) is 91.0 Å². The Bertz CT molecular complexity index is 763. The van der Waals surface area contributed by atoms with E-state index in [9.17, 15) is 0 Å². The lowest BCUT2D eigenvalue weighted by Gasteiger charge is -2.30. The van der Waals surface area contributed by atoms with Gasteiger partial charge in [-0.3, -0.25) is 14.7 Å². The maximum atomic E-state index is 2.67. The standard InChI is InChI=1S/C30H39N3/c1-4-13-28(14-5-1)25-31-19-10-21-32(26-29-15-6-2-7-16-29)23-12-24-33(22-11-20-31)27-30-17-8-3-9-18-30/h1-9,13-18H,10-12,19-27H2. The zero-order valence-electron chi connectivity index (χ0n) is 20.0. The van der Waals surface area contributed by atoms with Crippen LogP contribution in [-0.4, -0.2) is 54.0 Å². The van der Waals surface area contributed by atoms with Crippen LogP contribution in [0, 0.1) is 0 Å². The maximum Gasteiger partial charge on any atom is 0.0233 e. The second kappa shape index (κ2) is 13.3. The second-order valence-electron chi connectivity index (χ2n) is 9.35. The smallest absolute Gasteiger partial charge is 0.0233 e. The molecule has 174 valence electrons. The molecular weight excluding hydrogens is 402 g/mol. The molecule has 33 heavy (non-hydrogen) atoms. The molecule has 0 amide bonds. The quantitative estimate of drug-likeness (QED) is 0.487. The molecule has 3 aromatic carbocycles. The Labute approximate surface area is 200 Å². The van der Waals surface area contributed by atoms with Crippen molar-refractivity contribution >= 4 is 0 Å². The predicted octanol–water partition coefficient (Wildman–Crippen LogP) is 5.68. The van der Waals surface area contributed by atoms with Crippen molar-refractivity contribution < 1.29 is 0 Å². The molecule has 0 N–H and O–H groups in total. The fourth-order valence-corrected chi connectivity index (χ4v) is 4.89. The highest BCUT2D eigenvalue weighted by molar-refractivity contribution is 5.16. The van der Waals surface area contributed by atoms with Gasteiger partial charge in [0, 0.05) is 19.6 Å². The van der Waals surface area contributed by atoms with Crippen LogP contribution in [-0.2, 0) is 19.6 Å². The molecule has 3 nitrogen and oxygen atoms in total. The van der Waals surface area contributed by atoms with Crippen LogP contribution in [0.1, 0.15) is 36.0 Å². The van der Waals surface area contributed by atoms with Crippen molar-refractivity contribution in [2.45, 2.75) is 38.9 Å². The van der Waals surface area contributed by atoms with Crippen molar-refractivity contribution in [3.63, 3.8) is 0 Å². The summed E-state index contributed by atoms with van der Waals surface area (Å²) in [6.45, 7) is 10.2. The summed E-state index contributed by atoms with van der Waals surface area (Å²) in [6.07, 6.45) is 3.69. The molecule has 1 aliphatic rings. The van der Waals surface area contributed by atoms with E-state index in [1.165, 1.54) is 75.2 Å². The Balaban J connectivity index is 1.42. The highest BCUT2D eigenvalue weighted by Crippen LogP contribution is 2.13. The van der Waals surface area contributed by atoms with Crippen LogP contribution in [0.15, 0.2) is 91.0 Å². The van der Waals surface area contributed by atoms with Crippen molar-refractivity contribution in [3.05, 3.63) is 108 Å². The van der Waals surface area contributed by atoms with E-state index in [2.05, 4.69) is 106 Å².